The molecule has 2 saturated heterocycles. The molecule has 1 aromatic heterocycles. The number of likely N-dealkylation sites (tertiary alicyclic amines) is 1. The number of hydrogen-bond acceptors (Lipinski definition) is 4. The largest absolute Gasteiger partial charge is 0.469 e. The molecule has 0 aromatic carbocycles. The number of nitrogens with zero attached hydrogens (tertiary/aromatic N) is 2. The van der Waals surface area contributed by atoms with Gasteiger partial charge >= 0.3 is 0 Å². The molecule has 0 bridgehead atoms. The lowest BCUT2D eigenvalue weighted by molar-refractivity contribution is 0.187. The predicted octanol–water partition coefficient (Wildman–Crippen LogP) is 2.66. The van der Waals surface area contributed by atoms with Crippen molar-refractivity contribution in [2.24, 2.45) is 10.9 Å². The molecule has 27 heavy (non-hydrogen) atoms. The van der Waals surface area contributed by atoms with Crippen LogP contribution in [0.4, 0.5) is 0 Å². The summed E-state index contributed by atoms with van der Waals surface area (Å²) in [4.78, 5) is 7.45. The molecule has 0 aliphatic carbocycles. The Hall–Kier alpha value is -1.53. The first-order valence-corrected chi connectivity index (χ1v) is 10.7. The molecule has 2 aliphatic heterocycles. The molecule has 1 unspecified atom stereocenters. The summed E-state index contributed by atoms with van der Waals surface area (Å²) < 4.78 is 10.9. The average molecular weight is 377 g/mol. The molecule has 0 amide bonds. The van der Waals surface area contributed by atoms with Gasteiger partial charge in [-0.05, 0) is 44.4 Å². The molecule has 2 N–H and O–H groups in total. The third-order valence-electron chi connectivity index (χ3n) is 5.53. The van der Waals surface area contributed by atoms with Gasteiger partial charge in [-0.3, -0.25) is 4.99 Å². The SMILES string of the molecule is CCCCN1CCC(NC(=NCC2CCOC2)NCCc2ccco2)CC1. The van der Waals surface area contributed by atoms with Gasteiger partial charge in [0.15, 0.2) is 5.96 Å². The van der Waals surface area contributed by atoms with Crippen molar-refractivity contribution < 1.29 is 9.15 Å². The molecule has 1 aromatic rings. The predicted molar refractivity (Wildman–Crippen MR) is 109 cm³/mol. The van der Waals surface area contributed by atoms with Crippen molar-refractivity contribution in [3.63, 3.8) is 0 Å². The highest BCUT2D eigenvalue weighted by atomic mass is 16.5. The fourth-order valence-corrected chi connectivity index (χ4v) is 3.74. The van der Waals surface area contributed by atoms with Crippen molar-refractivity contribution in [3.05, 3.63) is 24.2 Å². The van der Waals surface area contributed by atoms with Gasteiger partial charge in [0.2, 0.25) is 0 Å². The molecule has 1 atom stereocenters. The van der Waals surface area contributed by atoms with E-state index in [9.17, 15) is 0 Å². The lowest BCUT2D eigenvalue weighted by Crippen LogP contribution is -2.49. The minimum atomic E-state index is 0.512. The minimum Gasteiger partial charge on any atom is -0.469 e. The van der Waals surface area contributed by atoms with E-state index in [0.29, 0.717) is 12.0 Å². The number of nitrogens with one attached hydrogen (secondary N) is 2. The van der Waals surface area contributed by atoms with E-state index >= 15 is 0 Å². The molecule has 0 radical (unpaired) electrons. The lowest BCUT2D eigenvalue weighted by Gasteiger charge is -2.33. The van der Waals surface area contributed by atoms with Crippen molar-refractivity contribution in [2.45, 2.75) is 51.5 Å². The van der Waals surface area contributed by atoms with Crippen LogP contribution in [0.3, 0.4) is 0 Å². The third-order valence-corrected chi connectivity index (χ3v) is 5.53. The topological polar surface area (TPSA) is 62.0 Å². The summed E-state index contributed by atoms with van der Waals surface area (Å²) in [6, 6.07) is 4.47. The molecule has 6 nitrogen and oxygen atoms in total. The molecule has 0 spiro atoms. The number of rotatable bonds is 9. The van der Waals surface area contributed by atoms with Gasteiger partial charge in [0, 0.05) is 51.2 Å². The number of hydrogen-bond donors (Lipinski definition) is 2. The minimum absolute atomic E-state index is 0.512. The van der Waals surface area contributed by atoms with Crippen LogP contribution in [0, 0.1) is 5.92 Å². The second kappa shape index (κ2) is 11.3. The maximum absolute atomic E-state index is 5.49. The van der Waals surface area contributed by atoms with Gasteiger partial charge < -0.3 is 24.7 Å². The number of unbranched alkanes of at least 4 members (excludes halogenated alkanes) is 1. The van der Waals surface area contributed by atoms with Crippen LogP contribution in [0.15, 0.2) is 27.8 Å². The summed E-state index contributed by atoms with van der Waals surface area (Å²) in [5.41, 5.74) is 0. The molecule has 0 saturated carbocycles. The summed E-state index contributed by atoms with van der Waals surface area (Å²) in [6.45, 7) is 9.28. The Kier molecular flexibility index (Phi) is 8.49. The van der Waals surface area contributed by atoms with Crippen LogP contribution in [0.2, 0.25) is 0 Å². The van der Waals surface area contributed by atoms with E-state index in [-0.39, 0.29) is 0 Å². The number of aliphatic imine (C=N–C) groups is 1. The van der Waals surface area contributed by atoms with Gasteiger partial charge in [-0.25, -0.2) is 0 Å². The summed E-state index contributed by atoms with van der Waals surface area (Å²) in [7, 11) is 0. The highest BCUT2D eigenvalue weighted by molar-refractivity contribution is 5.80. The van der Waals surface area contributed by atoms with Crippen molar-refractivity contribution >= 4 is 5.96 Å². The molecule has 3 heterocycles. The Morgan fingerprint density at radius 3 is 2.89 bits per heavy atom. The van der Waals surface area contributed by atoms with Crippen molar-refractivity contribution in [1.29, 1.82) is 0 Å². The molecule has 3 rings (SSSR count). The van der Waals surface area contributed by atoms with Gasteiger partial charge in [-0.2, -0.15) is 0 Å². The fourth-order valence-electron chi connectivity index (χ4n) is 3.74. The standard InChI is InChI=1S/C21H36N4O2/c1-2-3-11-25-12-7-19(8-13-25)24-21(23-16-18-9-15-26-17-18)22-10-6-20-5-4-14-27-20/h4-5,14,18-19H,2-3,6-13,15-17H2,1H3,(H2,22,23,24). The first-order chi connectivity index (χ1) is 13.3. The molecule has 6 heteroatoms. The van der Waals surface area contributed by atoms with Crippen LogP contribution in [0.25, 0.3) is 0 Å². The van der Waals surface area contributed by atoms with Crippen molar-refractivity contribution in [3.8, 4) is 0 Å². The molecular formula is C21H36N4O2. The quantitative estimate of drug-likeness (QED) is 0.512. The lowest BCUT2D eigenvalue weighted by atomic mass is 10.0. The Morgan fingerprint density at radius 2 is 2.19 bits per heavy atom. The van der Waals surface area contributed by atoms with Crippen LogP contribution in [0.1, 0.15) is 44.8 Å². The van der Waals surface area contributed by atoms with E-state index in [1.54, 1.807) is 6.26 Å². The van der Waals surface area contributed by atoms with Gasteiger partial charge in [-0.15, -0.1) is 0 Å². The highest BCUT2D eigenvalue weighted by Crippen LogP contribution is 2.13. The van der Waals surface area contributed by atoms with E-state index in [1.807, 2.05) is 12.1 Å². The molecular weight excluding hydrogens is 340 g/mol. The van der Waals surface area contributed by atoms with E-state index in [1.165, 1.54) is 45.3 Å². The zero-order valence-corrected chi connectivity index (χ0v) is 16.8. The van der Waals surface area contributed by atoms with Crippen LogP contribution in [-0.2, 0) is 11.2 Å². The summed E-state index contributed by atoms with van der Waals surface area (Å²) in [6.07, 6.45) is 8.69. The zero-order chi connectivity index (χ0) is 18.7. The van der Waals surface area contributed by atoms with Crippen LogP contribution in [0.5, 0.6) is 0 Å². The summed E-state index contributed by atoms with van der Waals surface area (Å²) in [5.74, 6) is 2.51. The maximum atomic E-state index is 5.49. The van der Waals surface area contributed by atoms with Gasteiger partial charge in [-0.1, -0.05) is 13.3 Å². The van der Waals surface area contributed by atoms with E-state index in [2.05, 4.69) is 22.5 Å². The smallest absolute Gasteiger partial charge is 0.191 e. The first-order valence-electron chi connectivity index (χ1n) is 10.7. The Morgan fingerprint density at radius 1 is 1.30 bits per heavy atom. The highest BCUT2D eigenvalue weighted by Gasteiger charge is 2.20. The van der Waals surface area contributed by atoms with E-state index in [0.717, 1.165) is 50.9 Å². The van der Waals surface area contributed by atoms with Crippen LogP contribution in [-0.4, -0.2) is 62.8 Å². The average Bonchev–Trinajstić information content (AvgIpc) is 3.39. The monoisotopic (exact) mass is 376 g/mol. The number of piperidine rings is 1. The number of ether oxygens (including phenoxy) is 1. The van der Waals surface area contributed by atoms with Crippen LogP contribution < -0.4 is 10.6 Å². The summed E-state index contributed by atoms with van der Waals surface area (Å²) >= 11 is 0. The normalized spacial score (nSPS) is 22.3. The van der Waals surface area contributed by atoms with Gasteiger partial charge in [0.25, 0.3) is 0 Å². The van der Waals surface area contributed by atoms with Gasteiger partial charge in [0.05, 0.1) is 12.9 Å². The number of furan rings is 1. The first kappa shape index (κ1) is 20.2. The van der Waals surface area contributed by atoms with E-state index in [4.69, 9.17) is 14.1 Å². The van der Waals surface area contributed by atoms with Gasteiger partial charge in [0.1, 0.15) is 5.76 Å². The fraction of sp³-hybridized carbons (Fsp3) is 0.762. The molecule has 2 fully saturated rings. The zero-order valence-electron chi connectivity index (χ0n) is 16.8. The Labute approximate surface area is 163 Å². The Balaban J connectivity index is 1.45. The van der Waals surface area contributed by atoms with Crippen LogP contribution >= 0.6 is 0 Å². The Bertz CT molecular complexity index is 532. The summed E-state index contributed by atoms with van der Waals surface area (Å²) in [5, 5.41) is 7.18. The van der Waals surface area contributed by atoms with Crippen molar-refractivity contribution in [2.75, 3.05) is 45.9 Å². The van der Waals surface area contributed by atoms with Crippen molar-refractivity contribution in [1.82, 2.24) is 15.5 Å². The molecule has 152 valence electrons. The second-order valence-corrected chi connectivity index (χ2v) is 7.79. The number of guanidine groups is 1. The van der Waals surface area contributed by atoms with E-state index < -0.39 is 0 Å². The second-order valence-electron chi connectivity index (χ2n) is 7.79. The molecule has 2 aliphatic rings. The maximum Gasteiger partial charge on any atom is 0.191 e. The third kappa shape index (κ3) is 7.18.